The lowest BCUT2D eigenvalue weighted by Crippen LogP contribution is -2.42. The van der Waals surface area contributed by atoms with E-state index in [9.17, 15) is 18.8 Å². The van der Waals surface area contributed by atoms with Crippen LogP contribution in [0.3, 0.4) is 0 Å². The summed E-state index contributed by atoms with van der Waals surface area (Å²) in [5, 5.41) is 13.6. The third-order valence-electron chi connectivity index (χ3n) is 5.84. The smallest absolute Gasteiger partial charge is 0.272 e. The molecule has 0 atom stereocenters. The fourth-order valence-corrected chi connectivity index (χ4v) is 3.65. The van der Waals surface area contributed by atoms with Crippen molar-refractivity contribution in [2.45, 2.75) is 33.1 Å². The third kappa shape index (κ3) is 5.45. The summed E-state index contributed by atoms with van der Waals surface area (Å²) in [6, 6.07) is 11.5. The Bertz CT molecular complexity index is 1260. The summed E-state index contributed by atoms with van der Waals surface area (Å²) >= 11 is 0. The first-order valence-corrected chi connectivity index (χ1v) is 11.0. The summed E-state index contributed by atoms with van der Waals surface area (Å²) in [6.45, 7) is 4.57. The predicted molar refractivity (Wildman–Crippen MR) is 123 cm³/mol. The molecule has 0 unspecified atom stereocenters. The summed E-state index contributed by atoms with van der Waals surface area (Å²) in [5.41, 5.74) is 0.619. The van der Waals surface area contributed by atoms with Gasteiger partial charge < -0.3 is 10.6 Å². The molecule has 0 spiro atoms. The molecule has 172 valence electrons. The Kier molecular flexibility index (Phi) is 6.26. The van der Waals surface area contributed by atoms with Gasteiger partial charge in [-0.15, -0.1) is 0 Å². The van der Waals surface area contributed by atoms with Gasteiger partial charge in [-0.05, 0) is 42.0 Å². The number of halogens is 1. The van der Waals surface area contributed by atoms with Crippen LogP contribution >= 0.6 is 0 Å². The van der Waals surface area contributed by atoms with Gasteiger partial charge in [0.2, 0.25) is 5.91 Å². The van der Waals surface area contributed by atoms with Crippen LogP contribution in [0.1, 0.15) is 48.3 Å². The van der Waals surface area contributed by atoms with Crippen molar-refractivity contribution in [3.05, 3.63) is 75.5 Å². The van der Waals surface area contributed by atoms with Gasteiger partial charge in [0.25, 0.3) is 11.5 Å². The van der Waals surface area contributed by atoms with E-state index in [1.807, 2.05) is 26.0 Å². The number of carbonyl (C=O) groups is 2. The van der Waals surface area contributed by atoms with E-state index < -0.39 is 11.7 Å². The molecular weight excluding hydrogens is 423 g/mol. The highest BCUT2D eigenvalue weighted by molar-refractivity contribution is 5.94. The van der Waals surface area contributed by atoms with E-state index in [1.54, 1.807) is 18.2 Å². The molecule has 2 aromatic carbocycles. The van der Waals surface area contributed by atoms with Gasteiger partial charge in [-0.2, -0.15) is 5.10 Å². The van der Waals surface area contributed by atoms with E-state index in [1.165, 1.54) is 12.1 Å². The van der Waals surface area contributed by atoms with Crippen LogP contribution in [0.25, 0.3) is 10.8 Å². The Labute approximate surface area is 190 Å². The molecular formula is C25H27FN4O3. The SMILES string of the molecule is CC(C)(CNC(=O)c1cc(Cc2n[nH]c(=O)c3ccccc23)ccc1F)CNC(=O)C1CC1. The number of benzene rings is 2. The van der Waals surface area contributed by atoms with Gasteiger partial charge in [-0.1, -0.05) is 38.1 Å². The summed E-state index contributed by atoms with van der Waals surface area (Å²) in [7, 11) is 0. The van der Waals surface area contributed by atoms with Crippen LogP contribution in [-0.4, -0.2) is 35.1 Å². The molecule has 2 amide bonds. The first-order chi connectivity index (χ1) is 15.7. The number of nitrogens with zero attached hydrogens (tertiary/aromatic N) is 1. The number of amides is 2. The molecule has 3 aromatic rings. The normalized spacial score (nSPS) is 13.7. The Balaban J connectivity index is 1.45. The number of carbonyl (C=O) groups excluding carboxylic acids is 2. The van der Waals surface area contributed by atoms with Crippen molar-refractivity contribution in [1.82, 2.24) is 20.8 Å². The first-order valence-electron chi connectivity index (χ1n) is 11.0. The molecule has 8 heteroatoms. The second-order valence-corrected chi connectivity index (χ2v) is 9.37. The van der Waals surface area contributed by atoms with Crippen molar-refractivity contribution in [3.63, 3.8) is 0 Å². The third-order valence-corrected chi connectivity index (χ3v) is 5.84. The van der Waals surface area contributed by atoms with Crippen LogP contribution in [0.2, 0.25) is 0 Å². The highest BCUT2D eigenvalue weighted by Gasteiger charge is 2.31. The van der Waals surface area contributed by atoms with Crippen LogP contribution in [0.5, 0.6) is 0 Å². The van der Waals surface area contributed by atoms with Crippen LogP contribution < -0.4 is 16.2 Å². The Morgan fingerprint density at radius 2 is 1.79 bits per heavy atom. The minimum absolute atomic E-state index is 0.0523. The molecule has 3 N–H and O–H groups in total. The van der Waals surface area contributed by atoms with Gasteiger partial charge in [0, 0.05) is 30.8 Å². The maximum absolute atomic E-state index is 14.5. The summed E-state index contributed by atoms with van der Waals surface area (Å²) in [5.74, 6) is -0.955. The fraction of sp³-hybridized carbons (Fsp3) is 0.360. The number of rotatable bonds is 8. The number of hydrogen-bond acceptors (Lipinski definition) is 4. The van der Waals surface area contributed by atoms with Crippen molar-refractivity contribution >= 4 is 22.6 Å². The molecule has 0 bridgehead atoms. The Hall–Kier alpha value is -3.55. The zero-order valence-electron chi connectivity index (χ0n) is 18.7. The molecule has 33 heavy (non-hydrogen) atoms. The number of hydrogen-bond donors (Lipinski definition) is 3. The lowest BCUT2D eigenvalue weighted by atomic mass is 9.93. The lowest BCUT2D eigenvalue weighted by molar-refractivity contribution is -0.122. The van der Waals surface area contributed by atoms with E-state index in [2.05, 4.69) is 20.8 Å². The van der Waals surface area contributed by atoms with Gasteiger partial charge in [0.15, 0.2) is 0 Å². The van der Waals surface area contributed by atoms with Crippen molar-refractivity contribution < 1.29 is 14.0 Å². The molecule has 1 aliphatic carbocycles. The van der Waals surface area contributed by atoms with Gasteiger partial charge in [0.05, 0.1) is 16.6 Å². The number of fused-ring (bicyclic) bond motifs is 1. The Morgan fingerprint density at radius 3 is 2.52 bits per heavy atom. The number of H-pyrrole nitrogens is 1. The molecule has 0 aliphatic heterocycles. The van der Waals surface area contributed by atoms with E-state index in [0.717, 1.165) is 12.8 Å². The van der Waals surface area contributed by atoms with E-state index in [0.29, 0.717) is 35.0 Å². The molecule has 1 aliphatic rings. The molecule has 0 saturated heterocycles. The molecule has 1 fully saturated rings. The van der Waals surface area contributed by atoms with Crippen molar-refractivity contribution in [3.8, 4) is 0 Å². The van der Waals surface area contributed by atoms with E-state index in [-0.39, 0.29) is 34.9 Å². The zero-order chi connectivity index (χ0) is 23.6. The Morgan fingerprint density at radius 1 is 1.09 bits per heavy atom. The highest BCUT2D eigenvalue weighted by Crippen LogP contribution is 2.29. The standard InChI is InChI=1S/C25H27FN4O3/c1-25(2,13-27-22(31)16-8-9-16)14-28-23(32)19-11-15(7-10-20(19)26)12-21-17-5-3-4-6-18(17)24(33)30-29-21/h3-7,10-11,16H,8-9,12-14H2,1-2H3,(H,27,31)(H,28,32)(H,30,33). The second-order valence-electron chi connectivity index (χ2n) is 9.37. The quantitative estimate of drug-likeness (QED) is 0.491. The van der Waals surface area contributed by atoms with Crippen LogP contribution in [0, 0.1) is 17.2 Å². The monoisotopic (exact) mass is 450 g/mol. The van der Waals surface area contributed by atoms with E-state index >= 15 is 0 Å². The largest absolute Gasteiger partial charge is 0.355 e. The molecule has 1 saturated carbocycles. The summed E-state index contributed by atoms with van der Waals surface area (Å²) in [6.07, 6.45) is 2.20. The summed E-state index contributed by atoms with van der Waals surface area (Å²) < 4.78 is 14.5. The molecule has 7 nitrogen and oxygen atoms in total. The first kappa shape index (κ1) is 22.6. The maximum atomic E-state index is 14.5. The van der Waals surface area contributed by atoms with Gasteiger partial charge >= 0.3 is 0 Å². The van der Waals surface area contributed by atoms with E-state index in [4.69, 9.17) is 0 Å². The molecule has 1 aromatic heterocycles. The van der Waals surface area contributed by atoms with Gasteiger partial charge in [-0.3, -0.25) is 14.4 Å². The van der Waals surface area contributed by atoms with Crippen molar-refractivity contribution in [2.24, 2.45) is 11.3 Å². The number of aromatic nitrogens is 2. The van der Waals surface area contributed by atoms with Crippen molar-refractivity contribution in [1.29, 1.82) is 0 Å². The zero-order valence-corrected chi connectivity index (χ0v) is 18.7. The highest BCUT2D eigenvalue weighted by atomic mass is 19.1. The van der Waals surface area contributed by atoms with Gasteiger partial charge in [0.1, 0.15) is 5.82 Å². The number of nitrogens with one attached hydrogen (secondary N) is 3. The minimum atomic E-state index is -0.615. The topological polar surface area (TPSA) is 104 Å². The predicted octanol–water partition coefficient (Wildman–Crippen LogP) is 2.94. The van der Waals surface area contributed by atoms with Crippen molar-refractivity contribution in [2.75, 3.05) is 13.1 Å². The minimum Gasteiger partial charge on any atom is -0.355 e. The fourth-order valence-electron chi connectivity index (χ4n) is 3.65. The van der Waals surface area contributed by atoms with Crippen LogP contribution in [0.15, 0.2) is 47.3 Å². The van der Waals surface area contributed by atoms with Crippen LogP contribution in [0.4, 0.5) is 4.39 Å². The second kappa shape index (κ2) is 9.13. The summed E-state index contributed by atoms with van der Waals surface area (Å²) in [4.78, 5) is 36.6. The molecule has 0 radical (unpaired) electrons. The average Bonchev–Trinajstić information content (AvgIpc) is 3.65. The van der Waals surface area contributed by atoms with Crippen LogP contribution in [-0.2, 0) is 11.2 Å². The maximum Gasteiger partial charge on any atom is 0.272 e. The molecule has 4 rings (SSSR count). The average molecular weight is 451 g/mol. The lowest BCUT2D eigenvalue weighted by Gasteiger charge is -2.25. The molecule has 1 heterocycles. The number of aromatic amines is 1. The van der Waals surface area contributed by atoms with Gasteiger partial charge in [-0.25, -0.2) is 9.49 Å².